The molecule has 1 aromatic carbocycles. The van der Waals surface area contributed by atoms with E-state index in [1.807, 2.05) is 5.32 Å². The third-order valence-corrected chi connectivity index (χ3v) is 2.66. The van der Waals surface area contributed by atoms with Crippen LogP contribution < -0.4 is 11.1 Å². The summed E-state index contributed by atoms with van der Waals surface area (Å²) < 4.78 is 18.4. The Bertz CT molecular complexity index is 599. The van der Waals surface area contributed by atoms with Crippen LogP contribution in [0.3, 0.4) is 0 Å². The third-order valence-electron chi connectivity index (χ3n) is 2.66. The van der Waals surface area contributed by atoms with Gasteiger partial charge in [0.05, 0.1) is 0 Å². The molecule has 3 N–H and O–H groups in total. The number of hydrogen-bond donors (Lipinski definition) is 2. The number of hydrogen-bond acceptors (Lipinski definition) is 4. The van der Waals surface area contributed by atoms with E-state index in [1.165, 1.54) is 24.3 Å². The molecule has 3 amide bonds. The number of ether oxygens (including phenoxy) is 1. The van der Waals surface area contributed by atoms with Crippen molar-refractivity contribution in [2.24, 2.45) is 11.7 Å². The van der Waals surface area contributed by atoms with Crippen LogP contribution in [0.2, 0.25) is 0 Å². The summed E-state index contributed by atoms with van der Waals surface area (Å²) in [5.74, 6) is -2.50. The number of carbonyl (C=O) groups is 3. The van der Waals surface area contributed by atoms with Crippen molar-refractivity contribution in [3.05, 3.63) is 41.7 Å². The standard InChI is InChI=1S/C15H17FN2O4/c1-9(2)13(14(20)18-15(17)21)22-12(19)8-7-10-5-3-4-6-11(10)16/h3-9,13H,1-2H3,(H3,17,18,20,21)/b8-7+/t13-/m0/s1. The van der Waals surface area contributed by atoms with Crippen LogP contribution in [-0.2, 0) is 14.3 Å². The minimum Gasteiger partial charge on any atom is -0.449 e. The summed E-state index contributed by atoms with van der Waals surface area (Å²) in [6.45, 7) is 3.28. The minimum atomic E-state index is -1.18. The molecule has 0 aromatic heterocycles. The molecule has 0 unspecified atom stereocenters. The fourth-order valence-electron chi connectivity index (χ4n) is 1.62. The molecule has 0 fully saturated rings. The normalized spacial score (nSPS) is 12.2. The fourth-order valence-corrected chi connectivity index (χ4v) is 1.62. The molecular weight excluding hydrogens is 291 g/mol. The Hall–Kier alpha value is -2.70. The Kier molecular flexibility index (Phi) is 6.25. The van der Waals surface area contributed by atoms with Gasteiger partial charge < -0.3 is 10.5 Å². The molecule has 6 nitrogen and oxygen atoms in total. The molecule has 0 bridgehead atoms. The molecule has 1 aromatic rings. The van der Waals surface area contributed by atoms with E-state index >= 15 is 0 Å². The van der Waals surface area contributed by atoms with Crippen LogP contribution in [0.15, 0.2) is 30.3 Å². The van der Waals surface area contributed by atoms with Gasteiger partial charge in [-0.1, -0.05) is 32.0 Å². The number of nitrogens with two attached hydrogens (primary N) is 1. The first kappa shape index (κ1) is 17.4. The number of rotatable bonds is 5. The van der Waals surface area contributed by atoms with Crippen molar-refractivity contribution in [3.8, 4) is 0 Å². The second-order valence-corrected chi connectivity index (χ2v) is 4.81. The van der Waals surface area contributed by atoms with Crippen LogP contribution in [0.25, 0.3) is 6.08 Å². The molecule has 1 rings (SSSR count). The Balaban J connectivity index is 2.74. The minimum absolute atomic E-state index is 0.210. The predicted molar refractivity (Wildman–Crippen MR) is 77.9 cm³/mol. The van der Waals surface area contributed by atoms with Crippen molar-refractivity contribution >= 4 is 24.0 Å². The molecule has 0 radical (unpaired) electrons. The van der Waals surface area contributed by atoms with E-state index in [2.05, 4.69) is 0 Å². The summed E-state index contributed by atoms with van der Waals surface area (Å²) in [6.07, 6.45) is 1.07. The number of carbonyl (C=O) groups excluding carboxylic acids is 3. The summed E-state index contributed by atoms with van der Waals surface area (Å²) in [6, 6.07) is 4.84. The lowest BCUT2D eigenvalue weighted by atomic mass is 10.1. The first-order chi connectivity index (χ1) is 10.3. The van der Waals surface area contributed by atoms with Crippen LogP contribution >= 0.6 is 0 Å². The van der Waals surface area contributed by atoms with E-state index in [4.69, 9.17) is 10.5 Å². The number of urea groups is 1. The Morgan fingerprint density at radius 1 is 1.27 bits per heavy atom. The van der Waals surface area contributed by atoms with Gasteiger partial charge >= 0.3 is 12.0 Å². The van der Waals surface area contributed by atoms with Gasteiger partial charge in [-0.3, -0.25) is 10.1 Å². The third kappa shape index (κ3) is 5.35. The van der Waals surface area contributed by atoms with Gasteiger partial charge in [0.15, 0.2) is 6.10 Å². The van der Waals surface area contributed by atoms with E-state index in [9.17, 15) is 18.8 Å². The Morgan fingerprint density at radius 3 is 2.45 bits per heavy atom. The van der Waals surface area contributed by atoms with Gasteiger partial charge in [0.2, 0.25) is 0 Å². The maximum Gasteiger partial charge on any atom is 0.331 e. The number of amides is 3. The Morgan fingerprint density at radius 2 is 1.91 bits per heavy atom. The topological polar surface area (TPSA) is 98.5 Å². The molecule has 0 aliphatic heterocycles. The molecule has 1 atom stereocenters. The zero-order valence-electron chi connectivity index (χ0n) is 12.2. The lowest BCUT2D eigenvalue weighted by Crippen LogP contribution is -2.45. The highest BCUT2D eigenvalue weighted by molar-refractivity contribution is 5.97. The molecular formula is C15H17FN2O4. The number of benzene rings is 1. The van der Waals surface area contributed by atoms with Crippen molar-refractivity contribution < 1.29 is 23.5 Å². The fraction of sp³-hybridized carbons (Fsp3) is 0.267. The van der Waals surface area contributed by atoms with Crippen molar-refractivity contribution in [3.63, 3.8) is 0 Å². The predicted octanol–water partition coefficient (Wildman–Crippen LogP) is 1.60. The second-order valence-electron chi connectivity index (χ2n) is 4.81. The zero-order valence-corrected chi connectivity index (χ0v) is 12.2. The summed E-state index contributed by atoms with van der Waals surface area (Å²) in [5, 5.41) is 1.85. The van der Waals surface area contributed by atoms with Gasteiger partial charge in [-0.05, 0) is 18.1 Å². The van der Waals surface area contributed by atoms with E-state index in [0.29, 0.717) is 0 Å². The quantitative estimate of drug-likeness (QED) is 0.637. The molecule has 0 heterocycles. The van der Waals surface area contributed by atoms with Crippen molar-refractivity contribution in [1.82, 2.24) is 5.32 Å². The molecule has 0 saturated heterocycles. The Labute approximate surface area is 127 Å². The highest BCUT2D eigenvalue weighted by atomic mass is 19.1. The average molecular weight is 308 g/mol. The van der Waals surface area contributed by atoms with Crippen LogP contribution in [0.1, 0.15) is 19.4 Å². The number of imide groups is 1. The number of primary amides is 1. The molecule has 118 valence electrons. The zero-order chi connectivity index (χ0) is 16.7. The molecule has 7 heteroatoms. The summed E-state index contributed by atoms with van der Waals surface area (Å²) in [7, 11) is 0. The first-order valence-electron chi connectivity index (χ1n) is 6.54. The van der Waals surface area contributed by atoms with E-state index in [-0.39, 0.29) is 11.5 Å². The highest BCUT2D eigenvalue weighted by Crippen LogP contribution is 2.10. The van der Waals surface area contributed by atoms with Gasteiger partial charge in [0.25, 0.3) is 5.91 Å². The molecule has 0 aliphatic rings. The largest absolute Gasteiger partial charge is 0.449 e. The van der Waals surface area contributed by atoms with Crippen LogP contribution in [0, 0.1) is 11.7 Å². The van der Waals surface area contributed by atoms with Crippen LogP contribution in [0.4, 0.5) is 9.18 Å². The van der Waals surface area contributed by atoms with Gasteiger partial charge in [-0.15, -0.1) is 0 Å². The van der Waals surface area contributed by atoms with Gasteiger partial charge in [-0.2, -0.15) is 0 Å². The smallest absolute Gasteiger partial charge is 0.331 e. The van der Waals surface area contributed by atoms with Gasteiger partial charge in [0, 0.05) is 11.6 Å². The SMILES string of the molecule is CC(C)[C@H](OC(=O)/C=C/c1ccccc1F)C(=O)NC(N)=O. The second kappa shape index (κ2) is 7.92. The monoisotopic (exact) mass is 308 g/mol. The summed E-state index contributed by atoms with van der Waals surface area (Å²) in [4.78, 5) is 34.1. The first-order valence-corrected chi connectivity index (χ1v) is 6.54. The lowest BCUT2D eigenvalue weighted by Gasteiger charge is -2.18. The average Bonchev–Trinajstić information content (AvgIpc) is 2.42. The summed E-state index contributed by atoms with van der Waals surface area (Å²) >= 11 is 0. The molecule has 22 heavy (non-hydrogen) atoms. The maximum absolute atomic E-state index is 13.4. The van der Waals surface area contributed by atoms with Crippen molar-refractivity contribution in [2.75, 3.05) is 0 Å². The van der Waals surface area contributed by atoms with Crippen molar-refractivity contribution in [1.29, 1.82) is 0 Å². The number of nitrogens with one attached hydrogen (secondary N) is 1. The van der Waals surface area contributed by atoms with E-state index in [0.717, 1.165) is 6.08 Å². The number of halogens is 1. The lowest BCUT2D eigenvalue weighted by molar-refractivity contribution is -0.153. The van der Waals surface area contributed by atoms with Gasteiger partial charge in [0.1, 0.15) is 5.82 Å². The summed E-state index contributed by atoms with van der Waals surface area (Å²) in [5.41, 5.74) is 5.06. The van der Waals surface area contributed by atoms with E-state index < -0.39 is 29.8 Å². The molecule has 0 saturated carbocycles. The molecule has 0 spiro atoms. The van der Waals surface area contributed by atoms with Crippen LogP contribution in [0.5, 0.6) is 0 Å². The van der Waals surface area contributed by atoms with Crippen LogP contribution in [-0.4, -0.2) is 24.0 Å². The maximum atomic E-state index is 13.4. The number of esters is 1. The van der Waals surface area contributed by atoms with Crippen molar-refractivity contribution in [2.45, 2.75) is 20.0 Å². The van der Waals surface area contributed by atoms with E-state index in [1.54, 1.807) is 19.9 Å². The van der Waals surface area contributed by atoms with Gasteiger partial charge in [-0.25, -0.2) is 14.0 Å². The highest BCUT2D eigenvalue weighted by Gasteiger charge is 2.26. The molecule has 0 aliphatic carbocycles.